The molecule has 0 radical (unpaired) electrons. The molecule has 100 valence electrons. The van der Waals surface area contributed by atoms with Gasteiger partial charge < -0.3 is 15.2 Å². The summed E-state index contributed by atoms with van der Waals surface area (Å²) < 4.78 is 33.7. The lowest BCUT2D eigenvalue weighted by Gasteiger charge is -2.11. The lowest BCUT2D eigenvalue weighted by molar-refractivity contribution is -0.142. The molecule has 0 saturated heterocycles. The SMILES string of the molecule is CCOC(=O)Cc1cc(Br)c(N)c(OC(F)F)c1. The predicted molar refractivity (Wildman–Crippen MR) is 65.5 cm³/mol. The maximum absolute atomic E-state index is 12.2. The first-order chi connectivity index (χ1) is 8.43. The molecule has 0 aliphatic heterocycles. The number of hydrogen-bond donors (Lipinski definition) is 1. The highest BCUT2D eigenvalue weighted by Crippen LogP contribution is 2.32. The molecule has 0 heterocycles. The molecule has 7 heteroatoms. The molecule has 0 aliphatic rings. The Labute approximate surface area is 111 Å². The van der Waals surface area contributed by atoms with Crippen LogP contribution in [0, 0.1) is 0 Å². The fraction of sp³-hybridized carbons (Fsp3) is 0.364. The van der Waals surface area contributed by atoms with E-state index in [1.807, 2.05) is 0 Å². The van der Waals surface area contributed by atoms with E-state index in [1.165, 1.54) is 6.07 Å². The number of esters is 1. The Morgan fingerprint density at radius 1 is 1.50 bits per heavy atom. The Balaban J connectivity index is 2.93. The van der Waals surface area contributed by atoms with Crippen LogP contribution in [0.5, 0.6) is 5.75 Å². The highest BCUT2D eigenvalue weighted by atomic mass is 79.9. The third-order valence-corrected chi connectivity index (χ3v) is 2.68. The minimum absolute atomic E-state index is 0.0354. The maximum Gasteiger partial charge on any atom is 0.387 e. The molecule has 0 aromatic heterocycles. The van der Waals surface area contributed by atoms with E-state index in [0.29, 0.717) is 10.0 Å². The molecule has 0 fully saturated rings. The molecule has 0 saturated carbocycles. The molecule has 0 bridgehead atoms. The quantitative estimate of drug-likeness (QED) is 0.668. The summed E-state index contributed by atoms with van der Waals surface area (Å²) in [6, 6.07) is 2.85. The Hall–Kier alpha value is -1.37. The van der Waals surface area contributed by atoms with E-state index in [-0.39, 0.29) is 24.5 Å². The Kier molecular flexibility index (Phi) is 5.33. The Bertz CT molecular complexity index is 441. The summed E-state index contributed by atoms with van der Waals surface area (Å²) in [6.07, 6.45) is -0.0354. The number of carbonyl (C=O) groups is 1. The van der Waals surface area contributed by atoms with Crippen molar-refractivity contribution in [3.8, 4) is 5.75 Å². The summed E-state index contributed by atoms with van der Waals surface area (Å²) in [7, 11) is 0. The van der Waals surface area contributed by atoms with Crippen molar-refractivity contribution >= 4 is 27.6 Å². The number of ether oxygens (including phenoxy) is 2. The van der Waals surface area contributed by atoms with E-state index in [0.717, 1.165) is 0 Å². The van der Waals surface area contributed by atoms with E-state index < -0.39 is 12.6 Å². The largest absolute Gasteiger partial charge is 0.466 e. The minimum atomic E-state index is -2.97. The van der Waals surface area contributed by atoms with Crippen LogP contribution >= 0.6 is 15.9 Å². The summed E-state index contributed by atoms with van der Waals surface area (Å²) in [5.74, 6) is -0.615. The fourth-order valence-electron chi connectivity index (χ4n) is 1.32. The van der Waals surface area contributed by atoms with Crippen LogP contribution in [0.25, 0.3) is 0 Å². The van der Waals surface area contributed by atoms with Gasteiger partial charge in [-0.1, -0.05) is 0 Å². The number of alkyl halides is 2. The van der Waals surface area contributed by atoms with Gasteiger partial charge in [0.15, 0.2) is 0 Å². The van der Waals surface area contributed by atoms with Gasteiger partial charge in [0.05, 0.1) is 18.7 Å². The number of anilines is 1. The average Bonchev–Trinajstić information content (AvgIpc) is 2.24. The van der Waals surface area contributed by atoms with Gasteiger partial charge in [0.2, 0.25) is 0 Å². The number of halogens is 3. The molecule has 0 amide bonds. The highest BCUT2D eigenvalue weighted by Gasteiger charge is 2.14. The average molecular weight is 324 g/mol. The number of rotatable bonds is 5. The fourth-order valence-corrected chi connectivity index (χ4v) is 1.81. The van der Waals surface area contributed by atoms with Gasteiger partial charge in [0.25, 0.3) is 0 Å². The molecule has 1 rings (SSSR count). The van der Waals surface area contributed by atoms with Crippen molar-refractivity contribution in [2.75, 3.05) is 12.3 Å². The molecule has 2 N–H and O–H groups in total. The second-order valence-electron chi connectivity index (χ2n) is 3.35. The number of benzene rings is 1. The van der Waals surface area contributed by atoms with Crippen LogP contribution in [0.1, 0.15) is 12.5 Å². The maximum atomic E-state index is 12.2. The van der Waals surface area contributed by atoms with E-state index >= 15 is 0 Å². The zero-order valence-electron chi connectivity index (χ0n) is 9.58. The first-order valence-corrected chi connectivity index (χ1v) is 5.91. The molecular weight excluding hydrogens is 312 g/mol. The van der Waals surface area contributed by atoms with E-state index in [1.54, 1.807) is 13.0 Å². The van der Waals surface area contributed by atoms with E-state index in [9.17, 15) is 13.6 Å². The van der Waals surface area contributed by atoms with Crippen LogP contribution in [0.4, 0.5) is 14.5 Å². The Morgan fingerprint density at radius 3 is 2.72 bits per heavy atom. The van der Waals surface area contributed by atoms with Gasteiger partial charge in [-0.15, -0.1) is 0 Å². The third kappa shape index (κ3) is 4.14. The first-order valence-electron chi connectivity index (χ1n) is 5.12. The molecule has 0 atom stereocenters. The van der Waals surface area contributed by atoms with Crippen LogP contribution in [0.2, 0.25) is 0 Å². The lowest BCUT2D eigenvalue weighted by atomic mass is 10.1. The zero-order valence-corrected chi connectivity index (χ0v) is 11.2. The lowest BCUT2D eigenvalue weighted by Crippen LogP contribution is -2.09. The van der Waals surface area contributed by atoms with Gasteiger partial charge in [-0.3, -0.25) is 4.79 Å². The molecular formula is C11H12BrF2NO3. The number of nitrogen functional groups attached to an aromatic ring is 1. The van der Waals surface area contributed by atoms with Crippen molar-refractivity contribution in [2.24, 2.45) is 0 Å². The number of nitrogens with two attached hydrogens (primary N) is 1. The van der Waals surface area contributed by atoms with Crippen LogP contribution in [-0.4, -0.2) is 19.2 Å². The smallest absolute Gasteiger partial charge is 0.387 e. The van der Waals surface area contributed by atoms with Crippen molar-refractivity contribution in [3.63, 3.8) is 0 Å². The minimum Gasteiger partial charge on any atom is -0.466 e. The zero-order chi connectivity index (χ0) is 13.7. The highest BCUT2D eigenvalue weighted by molar-refractivity contribution is 9.10. The monoisotopic (exact) mass is 323 g/mol. The molecule has 1 aromatic rings. The number of carbonyl (C=O) groups excluding carboxylic acids is 1. The number of hydrogen-bond acceptors (Lipinski definition) is 4. The van der Waals surface area contributed by atoms with Crippen molar-refractivity contribution in [1.82, 2.24) is 0 Å². The molecule has 0 unspecified atom stereocenters. The summed E-state index contributed by atoms with van der Waals surface area (Å²) in [5.41, 5.74) is 6.10. The van der Waals surface area contributed by atoms with E-state index in [4.69, 9.17) is 10.5 Å². The van der Waals surface area contributed by atoms with Crippen LogP contribution in [-0.2, 0) is 16.0 Å². The second kappa shape index (κ2) is 6.53. The van der Waals surface area contributed by atoms with Gasteiger partial charge in [-0.25, -0.2) is 0 Å². The van der Waals surface area contributed by atoms with Crippen molar-refractivity contribution < 1.29 is 23.0 Å². The first kappa shape index (κ1) is 14.7. The molecule has 1 aromatic carbocycles. The van der Waals surface area contributed by atoms with E-state index in [2.05, 4.69) is 20.7 Å². The standard InChI is InChI=1S/C11H12BrF2NO3/c1-2-17-9(16)5-6-3-7(12)10(15)8(4-6)18-11(13)14/h3-4,11H,2,5,15H2,1H3. The van der Waals surface area contributed by atoms with Crippen LogP contribution in [0.15, 0.2) is 16.6 Å². The topological polar surface area (TPSA) is 61.5 Å². The normalized spacial score (nSPS) is 10.5. The predicted octanol–water partition coefficient (Wildman–Crippen LogP) is 2.74. The van der Waals surface area contributed by atoms with Gasteiger partial charge in [0.1, 0.15) is 5.75 Å². The molecule has 0 spiro atoms. The summed E-state index contributed by atoms with van der Waals surface area (Å²) in [4.78, 5) is 11.3. The summed E-state index contributed by atoms with van der Waals surface area (Å²) in [5, 5.41) is 0. The van der Waals surface area contributed by atoms with Gasteiger partial charge >= 0.3 is 12.6 Å². The summed E-state index contributed by atoms with van der Waals surface area (Å²) >= 11 is 3.11. The molecule has 4 nitrogen and oxygen atoms in total. The van der Waals surface area contributed by atoms with Crippen LogP contribution in [0.3, 0.4) is 0 Å². The second-order valence-corrected chi connectivity index (χ2v) is 4.20. The summed E-state index contributed by atoms with van der Waals surface area (Å²) in [6.45, 7) is -1.03. The van der Waals surface area contributed by atoms with Crippen LogP contribution < -0.4 is 10.5 Å². The van der Waals surface area contributed by atoms with Gasteiger partial charge in [-0.05, 0) is 40.5 Å². The van der Waals surface area contributed by atoms with Gasteiger partial charge in [-0.2, -0.15) is 8.78 Å². The van der Waals surface area contributed by atoms with Gasteiger partial charge in [0, 0.05) is 4.47 Å². The Morgan fingerprint density at radius 2 is 2.17 bits per heavy atom. The van der Waals surface area contributed by atoms with Crippen molar-refractivity contribution in [2.45, 2.75) is 20.0 Å². The molecule has 18 heavy (non-hydrogen) atoms. The van der Waals surface area contributed by atoms with Crippen molar-refractivity contribution in [3.05, 3.63) is 22.2 Å². The third-order valence-electron chi connectivity index (χ3n) is 2.02. The molecule has 0 aliphatic carbocycles. The van der Waals surface area contributed by atoms with Crippen molar-refractivity contribution in [1.29, 1.82) is 0 Å².